The van der Waals surface area contributed by atoms with E-state index in [0.717, 1.165) is 0 Å². The molecule has 0 rings (SSSR count). The number of rotatable bonds is 5. The second kappa shape index (κ2) is 6.51. The number of hydrogen-bond donors (Lipinski definition) is 0. The van der Waals surface area contributed by atoms with Crippen LogP contribution in [0.3, 0.4) is 0 Å². The highest BCUT2D eigenvalue weighted by molar-refractivity contribution is 5.94. The van der Waals surface area contributed by atoms with Crippen LogP contribution in [0.4, 0.5) is 0 Å². The molecule has 94 valence electrons. The molecule has 0 saturated carbocycles. The highest BCUT2D eigenvalue weighted by Crippen LogP contribution is 2.15. The second-order valence-electron chi connectivity index (χ2n) is 4.88. The predicted octanol–water partition coefficient (Wildman–Crippen LogP) is 2.17. The van der Waals surface area contributed by atoms with Crippen molar-refractivity contribution in [1.29, 1.82) is 0 Å². The first-order valence-corrected chi connectivity index (χ1v) is 5.65. The van der Waals surface area contributed by atoms with Gasteiger partial charge in [-0.2, -0.15) is 0 Å². The molecule has 0 aromatic rings. The molecule has 4 nitrogen and oxygen atoms in total. The maximum atomic E-state index is 11.6. The Morgan fingerprint density at radius 2 is 1.56 bits per heavy atom. The van der Waals surface area contributed by atoms with Crippen molar-refractivity contribution in [2.24, 2.45) is 11.3 Å². The molecule has 0 aromatic carbocycles. The van der Waals surface area contributed by atoms with E-state index in [4.69, 9.17) is 9.47 Å². The van der Waals surface area contributed by atoms with Gasteiger partial charge in [-0.05, 0) is 18.8 Å². The highest BCUT2D eigenvalue weighted by atomic mass is 16.6. The summed E-state index contributed by atoms with van der Waals surface area (Å²) in [5.41, 5.74) is -0.0946. The SMILES string of the molecule is CCOC(=O)C(CC)C(=O)OCC(C)(C)C. The average molecular weight is 230 g/mol. The van der Waals surface area contributed by atoms with E-state index in [-0.39, 0.29) is 12.0 Å². The second-order valence-corrected chi connectivity index (χ2v) is 4.88. The van der Waals surface area contributed by atoms with E-state index >= 15 is 0 Å². The van der Waals surface area contributed by atoms with Crippen LogP contribution in [0.1, 0.15) is 41.0 Å². The molecule has 0 aliphatic carbocycles. The summed E-state index contributed by atoms with van der Waals surface area (Å²) < 4.78 is 9.90. The van der Waals surface area contributed by atoms with E-state index in [1.54, 1.807) is 13.8 Å². The first kappa shape index (κ1) is 14.9. The Labute approximate surface area is 97.3 Å². The molecule has 0 fully saturated rings. The lowest BCUT2D eigenvalue weighted by Crippen LogP contribution is -2.30. The van der Waals surface area contributed by atoms with E-state index in [1.165, 1.54) is 0 Å². The molecule has 16 heavy (non-hydrogen) atoms. The lowest BCUT2D eigenvalue weighted by molar-refractivity contribution is -0.163. The van der Waals surface area contributed by atoms with Gasteiger partial charge in [-0.3, -0.25) is 9.59 Å². The summed E-state index contributed by atoms with van der Waals surface area (Å²) in [6.45, 7) is 9.96. The minimum absolute atomic E-state index is 0.0946. The van der Waals surface area contributed by atoms with Crippen LogP contribution in [-0.4, -0.2) is 25.2 Å². The van der Waals surface area contributed by atoms with Gasteiger partial charge < -0.3 is 9.47 Å². The largest absolute Gasteiger partial charge is 0.465 e. The summed E-state index contributed by atoms with van der Waals surface area (Å²) in [6.07, 6.45) is 0.405. The minimum Gasteiger partial charge on any atom is -0.465 e. The first-order chi connectivity index (χ1) is 7.31. The van der Waals surface area contributed by atoms with Gasteiger partial charge in [-0.25, -0.2) is 0 Å². The fourth-order valence-electron chi connectivity index (χ4n) is 1.06. The van der Waals surface area contributed by atoms with Crippen LogP contribution in [-0.2, 0) is 19.1 Å². The number of hydrogen-bond acceptors (Lipinski definition) is 4. The maximum absolute atomic E-state index is 11.6. The van der Waals surface area contributed by atoms with Crippen LogP contribution in [0.15, 0.2) is 0 Å². The van der Waals surface area contributed by atoms with E-state index < -0.39 is 17.9 Å². The van der Waals surface area contributed by atoms with Crippen LogP contribution in [0.2, 0.25) is 0 Å². The molecule has 0 amide bonds. The third-order valence-electron chi connectivity index (χ3n) is 1.91. The normalized spacial score (nSPS) is 13.1. The Kier molecular flexibility index (Phi) is 6.08. The maximum Gasteiger partial charge on any atom is 0.320 e. The summed E-state index contributed by atoms with van der Waals surface area (Å²) in [5.74, 6) is -1.78. The summed E-state index contributed by atoms with van der Waals surface area (Å²) in [6, 6.07) is 0. The molecular weight excluding hydrogens is 208 g/mol. The van der Waals surface area contributed by atoms with Crippen molar-refractivity contribution in [1.82, 2.24) is 0 Å². The molecule has 0 spiro atoms. The van der Waals surface area contributed by atoms with Crippen molar-refractivity contribution in [3.05, 3.63) is 0 Å². The zero-order valence-electron chi connectivity index (χ0n) is 10.8. The van der Waals surface area contributed by atoms with E-state index in [0.29, 0.717) is 13.0 Å². The molecule has 0 radical (unpaired) electrons. The van der Waals surface area contributed by atoms with E-state index in [1.807, 2.05) is 20.8 Å². The zero-order chi connectivity index (χ0) is 12.8. The Hall–Kier alpha value is -1.06. The van der Waals surface area contributed by atoms with Gasteiger partial charge in [-0.1, -0.05) is 27.7 Å². The monoisotopic (exact) mass is 230 g/mol. The van der Waals surface area contributed by atoms with Gasteiger partial charge in [0.1, 0.15) is 0 Å². The molecule has 0 saturated heterocycles. The number of carbonyl (C=O) groups excluding carboxylic acids is 2. The van der Waals surface area contributed by atoms with Crippen LogP contribution < -0.4 is 0 Å². The van der Waals surface area contributed by atoms with Crippen molar-refractivity contribution in [3.63, 3.8) is 0 Å². The van der Waals surface area contributed by atoms with Gasteiger partial charge in [0.15, 0.2) is 5.92 Å². The van der Waals surface area contributed by atoms with Gasteiger partial charge in [-0.15, -0.1) is 0 Å². The quantitative estimate of drug-likeness (QED) is 0.536. The van der Waals surface area contributed by atoms with Crippen LogP contribution >= 0.6 is 0 Å². The fourth-order valence-corrected chi connectivity index (χ4v) is 1.06. The lowest BCUT2D eigenvalue weighted by atomic mass is 9.98. The molecule has 4 heteroatoms. The third-order valence-corrected chi connectivity index (χ3v) is 1.91. The third kappa shape index (κ3) is 5.73. The number of carbonyl (C=O) groups is 2. The number of esters is 2. The first-order valence-electron chi connectivity index (χ1n) is 5.65. The fraction of sp³-hybridized carbons (Fsp3) is 0.833. The van der Waals surface area contributed by atoms with Gasteiger partial charge >= 0.3 is 11.9 Å². The standard InChI is InChI=1S/C12H22O4/c1-6-9(10(13)15-7-2)11(14)16-8-12(3,4)5/h9H,6-8H2,1-5H3. The molecule has 0 heterocycles. The average Bonchev–Trinajstić information content (AvgIpc) is 2.15. The molecule has 0 bridgehead atoms. The Balaban J connectivity index is 4.27. The predicted molar refractivity (Wildman–Crippen MR) is 60.8 cm³/mol. The topological polar surface area (TPSA) is 52.6 Å². The van der Waals surface area contributed by atoms with Crippen molar-refractivity contribution in [3.8, 4) is 0 Å². The minimum atomic E-state index is -0.790. The van der Waals surface area contributed by atoms with Crippen molar-refractivity contribution >= 4 is 11.9 Å². The molecular formula is C12H22O4. The summed E-state index contributed by atoms with van der Waals surface area (Å²) >= 11 is 0. The molecule has 0 N–H and O–H groups in total. The number of ether oxygens (including phenoxy) is 2. The summed E-state index contributed by atoms with van der Waals surface area (Å²) in [5, 5.41) is 0. The lowest BCUT2D eigenvalue weighted by Gasteiger charge is -2.20. The van der Waals surface area contributed by atoms with Crippen molar-refractivity contribution in [2.45, 2.75) is 41.0 Å². The molecule has 1 unspecified atom stereocenters. The molecule has 0 aliphatic rings. The summed E-state index contributed by atoms with van der Waals surface area (Å²) in [7, 11) is 0. The van der Waals surface area contributed by atoms with E-state index in [9.17, 15) is 9.59 Å². The molecule has 0 aromatic heterocycles. The molecule has 1 atom stereocenters. The van der Waals surface area contributed by atoms with Crippen LogP contribution in [0, 0.1) is 11.3 Å². The highest BCUT2D eigenvalue weighted by Gasteiger charge is 2.28. The van der Waals surface area contributed by atoms with Gasteiger partial charge in [0.2, 0.25) is 0 Å². The van der Waals surface area contributed by atoms with Crippen LogP contribution in [0.5, 0.6) is 0 Å². The Morgan fingerprint density at radius 1 is 1.06 bits per heavy atom. The molecule has 0 aliphatic heterocycles. The summed E-state index contributed by atoms with van der Waals surface area (Å²) in [4.78, 5) is 23.0. The Morgan fingerprint density at radius 3 is 1.94 bits per heavy atom. The Bertz CT molecular complexity index is 240. The zero-order valence-corrected chi connectivity index (χ0v) is 10.8. The van der Waals surface area contributed by atoms with Gasteiger partial charge in [0.05, 0.1) is 13.2 Å². The van der Waals surface area contributed by atoms with Gasteiger partial charge in [0.25, 0.3) is 0 Å². The van der Waals surface area contributed by atoms with Crippen LogP contribution in [0.25, 0.3) is 0 Å². The smallest absolute Gasteiger partial charge is 0.320 e. The van der Waals surface area contributed by atoms with Crippen molar-refractivity contribution in [2.75, 3.05) is 13.2 Å². The van der Waals surface area contributed by atoms with E-state index in [2.05, 4.69) is 0 Å². The van der Waals surface area contributed by atoms with Crippen molar-refractivity contribution < 1.29 is 19.1 Å². The van der Waals surface area contributed by atoms with Gasteiger partial charge in [0, 0.05) is 0 Å².